The van der Waals surface area contributed by atoms with E-state index in [1.807, 2.05) is 13.8 Å². The summed E-state index contributed by atoms with van der Waals surface area (Å²) in [5.74, 6) is -0.887. The van der Waals surface area contributed by atoms with Crippen LogP contribution >= 0.6 is 0 Å². The summed E-state index contributed by atoms with van der Waals surface area (Å²) in [6.07, 6.45) is 1.77. The van der Waals surface area contributed by atoms with Crippen LogP contribution in [0, 0.1) is 0 Å². The van der Waals surface area contributed by atoms with Crippen molar-refractivity contribution in [3.05, 3.63) is 0 Å². The molecule has 0 aromatic heterocycles. The number of hydrogen-bond acceptors (Lipinski definition) is 3. The number of urea groups is 1. The molecule has 0 spiro atoms. The third kappa shape index (κ3) is 2.41. The molecule has 19 heavy (non-hydrogen) atoms. The Balaban J connectivity index is 2.15. The van der Waals surface area contributed by atoms with E-state index in [1.165, 1.54) is 0 Å². The zero-order valence-electron chi connectivity index (χ0n) is 11.6. The molecule has 2 heterocycles. The van der Waals surface area contributed by atoms with Crippen LogP contribution in [0.25, 0.3) is 0 Å². The summed E-state index contributed by atoms with van der Waals surface area (Å²) in [7, 11) is 0. The maximum absolute atomic E-state index is 12.6. The number of nitrogens with zero attached hydrogens (tertiary/aromatic N) is 2. The lowest BCUT2D eigenvalue weighted by molar-refractivity contribution is -0.148. The Bertz CT molecular complexity index is 374. The first-order valence-corrected chi connectivity index (χ1v) is 6.93. The number of morpholine rings is 1. The van der Waals surface area contributed by atoms with Crippen molar-refractivity contribution in [1.82, 2.24) is 9.80 Å². The molecular formula is C13H22N2O4. The van der Waals surface area contributed by atoms with Crippen LogP contribution in [0.4, 0.5) is 4.79 Å². The van der Waals surface area contributed by atoms with Crippen molar-refractivity contribution < 1.29 is 19.4 Å². The zero-order chi connectivity index (χ0) is 14.0. The van der Waals surface area contributed by atoms with Crippen molar-refractivity contribution >= 4 is 12.0 Å². The fraction of sp³-hybridized carbons (Fsp3) is 0.846. The van der Waals surface area contributed by atoms with Gasteiger partial charge >= 0.3 is 12.0 Å². The molecule has 2 fully saturated rings. The Kier molecular flexibility index (Phi) is 3.99. The Labute approximate surface area is 113 Å². The third-order valence-corrected chi connectivity index (χ3v) is 4.21. The van der Waals surface area contributed by atoms with Crippen LogP contribution in [-0.2, 0) is 9.53 Å². The Morgan fingerprint density at radius 3 is 2.74 bits per heavy atom. The molecule has 108 valence electrons. The first-order chi connectivity index (χ1) is 9.01. The smallest absolute Gasteiger partial charge is 0.329 e. The van der Waals surface area contributed by atoms with Gasteiger partial charge in [-0.15, -0.1) is 0 Å². The normalized spacial score (nSPS) is 31.6. The highest BCUT2D eigenvalue weighted by molar-refractivity contribution is 5.87. The predicted molar refractivity (Wildman–Crippen MR) is 69.0 cm³/mol. The largest absolute Gasteiger partial charge is 0.479 e. The highest BCUT2D eigenvalue weighted by Gasteiger charge is 2.49. The third-order valence-electron chi connectivity index (χ3n) is 4.21. The Morgan fingerprint density at radius 1 is 1.42 bits per heavy atom. The van der Waals surface area contributed by atoms with Crippen LogP contribution in [-0.4, -0.2) is 64.8 Å². The van der Waals surface area contributed by atoms with Gasteiger partial charge in [-0.25, -0.2) is 9.59 Å². The summed E-state index contributed by atoms with van der Waals surface area (Å²) in [6, 6.07) is -0.156. The number of hydrogen-bond donors (Lipinski definition) is 1. The second-order valence-corrected chi connectivity index (χ2v) is 5.36. The predicted octanol–water partition coefficient (Wildman–Crippen LogP) is 1.16. The Hall–Kier alpha value is -1.30. The van der Waals surface area contributed by atoms with E-state index in [0.29, 0.717) is 39.1 Å². The van der Waals surface area contributed by atoms with Gasteiger partial charge in [-0.3, -0.25) is 0 Å². The average molecular weight is 270 g/mol. The molecule has 2 amide bonds. The van der Waals surface area contributed by atoms with Gasteiger partial charge in [0, 0.05) is 19.6 Å². The molecule has 6 nitrogen and oxygen atoms in total. The summed E-state index contributed by atoms with van der Waals surface area (Å²) < 4.78 is 5.42. The molecule has 0 aromatic carbocycles. The minimum absolute atomic E-state index is 0.0150. The minimum atomic E-state index is -1.02. The van der Waals surface area contributed by atoms with Gasteiger partial charge in [0.05, 0.1) is 12.7 Å². The maximum Gasteiger partial charge on any atom is 0.329 e. The van der Waals surface area contributed by atoms with Crippen molar-refractivity contribution in [2.75, 3.05) is 26.2 Å². The molecule has 2 rings (SSSR count). The van der Waals surface area contributed by atoms with Gasteiger partial charge in [-0.05, 0) is 26.2 Å². The topological polar surface area (TPSA) is 70.1 Å². The van der Waals surface area contributed by atoms with Crippen LogP contribution in [0.15, 0.2) is 0 Å². The number of amides is 2. The summed E-state index contributed by atoms with van der Waals surface area (Å²) in [4.78, 5) is 27.4. The van der Waals surface area contributed by atoms with Crippen molar-refractivity contribution in [3.8, 4) is 0 Å². The van der Waals surface area contributed by atoms with E-state index in [-0.39, 0.29) is 12.1 Å². The second-order valence-electron chi connectivity index (χ2n) is 5.36. The monoisotopic (exact) mass is 270 g/mol. The van der Waals surface area contributed by atoms with E-state index in [9.17, 15) is 14.7 Å². The van der Waals surface area contributed by atoms with E-state index in [4.69, 9.17) is 4.74 Å². The fourth-order valence-electron chi connectivity index (χ4n) is 3.06. The van der Waals surface area contributed by atoms with Crippen LogP contribution in [0.5, 0.6) is 0 Å². The number of carbonyl (C=O) groups is 2. The van der Waals surface area contributed by atoms with Gasteiger partial charge in [-0.2, -0.15) is 0 Å². The molecule has 2 aliphatic rings. The maximum atomic E-state index is 12.6. The lowest BCUT2D eigenvalue weighted by Crippen LogP contribution is -2.58. The van der Waals surface area contributed by atoms with E-state index in [1.54, 1.807) is 9.80 Å². The minimum Gasteiger partial charge on any atom is -0.479 e. The molecule has 0 saturated carbocycles. The van der Waals surface area contributed by atoms with E-state index in [2.05, 4.69) is 0 Å². The van der Waals surface area contributed by atoms with Crippen LogP contribution < -0.4 is 0 Å². The Morgan fingerprint density at radius 2 is 2.16 bits per heavy atom. The molecule has 0 aliphatic carbocycles. The van der Waals surface area contributed by atoms with Crippen LogP contribution in [0.2, 0.25) is 0 Å². The fourth-order valence-corrected chi connectivity index (χ4v) is 3.06. The van der Waals surface area contributed by atoms with Crippen LogP contribution in [0.3, 0.4) is 0 Å². The molecule has 6 heteroatoms. The van der Waals surface area contributed by atoms with Gasteiger partial charge in [0.15, 0.2) is 0 Å². The number of carboxylic acid groups (broad SMARTS) is 1. The number of likely N-dealkylation sites (tertiary alicyclic amines) is 1. The summed E-state index contributed by atoms with van der Waals surface area (Å²) in [5, 5.41) is 9.50. The van der Waals surface area contributed by atoms with Gasteiger partial charge in [0.1, 0.15) is 5.54 Å². The number of carbonyl (C=O) groups excluding carboxylic acids is 1. The second kappa shape index (κ2) is 5.36. The SMILES string of the molecule is CCC1(C(=O)O)CCCN1C(=O)N1CCOC(C)C1. The first kappa shape index (κ1) is 14.1. The summed E-state index contributed by atoms with van der Waals surface area (Å²) in [6.45, 7) is 5.89. The van der Waals surface area contributed by atoms with E-state index in [0.717, 1.165) is 6.42 Å². The number of rotatable bonds is 2. The van der Waals surface area contributed by atoms with E-state index >= 15 is 0 Å². The first-order valence-electron chi connectivity index (χ1n) is 6.93. The molecule has 0 radical (unpaired) electrons. The highest BCUT2D eigenvalue weighted by atomic mass is 16.5. The van der Waals surface area contributed by atoms with Gasteiger partial charge in [0.2, 0.25) is 0 Å². The van der Waals surface area contributed by atoms with E-state index < -0.39 is 11.5 Å². The molecule has 2 unspecified atom stereocenters. The molecule has 1 N–H and O–H groups in total. The van der Waals surface area contributed by atoms with Gasteiger partial charge < -0.3 is 19.6 Å². The summed E-state index contributed by atoms with van der Waals surface area (Å²) >= 11 is 0. The van der Waals surface area contributed by atoms with Crippen molar-refractivity contribution in [3.63, 3.8) is 0 Å². The number of carboxylic acids is 1. The highest BCUT2D eigenvalue weighted by Crippen LogP contribution is 2.33. The molecule has 0 aromatic rings. The van der Waals surface area contributed by atoms with Gasteiger partial charge in [0.25, 0.3) is 0 Å². The zero-order valence-corrected chi connectivity index (χ0v) is 11.6. The molecule has 2 atom stereocenters. The van der Waals surface area contributed by atoms with Crippen molar-refractivity contribution in [2.24, 2.45) is 0 Å². The lowest BCUT2D eigenvalue weighted by Gasteiger charge is -2.39. The number of ether oxygens (including phenoxy) is 1. The molecule has 0 bridgehead atoms. The average Bonchev–Trinajstić information content (AvgIpc) is 2.82. The molecular weight excluding hydrogens is 248 g/mol. The molecule has 2 aliphatic heterocycles. The van der Waals surface area contributed by atoms with Crippen LogP contribution in [0.1, 0.15) is 33.1 Å². The van der Waals surface area contributed by atoms with Gasteiger partial charge in [-0.1, -0.05) is 6.92 Å². The quantitative estimate of drug-likeness (QED) is 0.817. The lowest BCUT2D eigenvalue weighted by atomic mass is 9.93. The number of aliphatic carboxylic acids is 1. The summed E-state index contributed by atoms with van der Waals surface area (Å²) in [5.41, 5.74) is -1.02. The van der Waals surface area contributed by atoms with Crippen molar-refractivity contribution in [2.45, 2.75) is 44.8 Å². The standard InChI is InChI=1S/C13H22N2O4/c1-3-13(11(16)17)5-4-6-15(13)12(18)14-7-8-19-10(2)9-14/h10H,3-9H2,1-2H3,(H,16,17). The molecule has 2 saturated heterocycles. The van der Waals surface area contributed by atoms with Crippen molar-refractivity contribution in [1.29, 1.82) is 0 Å².